The number of alkyl halides is 3. The van der Waals surface area contributed by atoms with Crippen LogP contribution in [0.25, 0.3) is 5.69 Å². The van der Waals surface area contributed by atoms with Crippen molar-refractivity contribution in [2.45, 2.75) is 52.6 Å². The molecular weight excluding hydrogens is 491 g/mol. The molecule has 0 saturated carbocycles. The number of aromatic nitrogens is 1. The van der Waals surface area contributed by atoms with Gasteiger partial charge in [-0.2, -0.15) is 13.2 Å². The van der Waals surface area contributed by atoms with Crippen molar-refractivity contribution < 1.29 is 42.4 Å². The first-order valence-corrected chi connectivity index (χ1v) is 11.6. The Morgan fingerprint density at radius 2 is 1.38 bits per heavy atom. The number of rotatable bonds is 8. The summed E-state index contributed by atoms with van der Waals surface area (Å²) in [5.74, 6) is -3.94. The van der Waals surface area contributed by atoms with E-state index in [2.05, 4.69) is 0 Å². The number of esters is 2. The van der Waals surface area contributed by atoms with Crippen molar-refractivity contribution in [1.29, 1.82) is 0 Å². The summed E-state index contributed by atoms with van der Waals surface area (Å²) in [4.78, 5) is 22.4. The number of benzene rings is 2. The Morgan fingerprint density at radius 3 is 1.81 bits per heavy atom. The van der Waals surface area contributed by atoms with E-state index in [0.717, 1.165) is 4.57 Å². The van der Waals surface area contributed by atoms with Crippen LogP contribution in [0.4, 0.5) is 13.2 Å². The highest BCUT2D eigenvalue weighted by Crippen LogP contribution is 2.47. The lowest BCUT2D eigenvalue weighted by atomic mass is 9.82. The molecule has 0 saturated heterocycles. The fourth-order valence-corrected chi connectivity index (χ4v) is 4.34. The second-order valence-corrected chi connectivity index (χ2v) is 8.71. The summed E-state index contributed by atoms with van der Waals surface area (Å²) in [6, 6.07) is 11.9. The Balaban J connectivity index is 2.12. The topological polar surface area (TPSA) is 98.0 Å². The molecular formula is C27H28F3NO6. The molecule has 0 amide bonds. The Morgan fingerprint density at radius 1 is 0.892 bits per heavy atom. The molecule has 37 heavy (non-hydrogen) atoms. The standard InChI is InChI=1S/C27H28F3NO6/c1-5-19(27(28,29)30)14-23(18-6-10-21(11-7-18)36-16(3)32)24-15(2)25(34)31(26(24)35)20-8-12-22(13-9-20)37-17(4)33/h6-13,19,23,34-35H,5,14H2,1-4H3. The van der Waals surface area contributed by atoms with Crippen LogP contribution >= 0.6 is 0 Å². The van der Waals surface area contributed by atoms with Crippen molar-refractivity contribution in [3.05, 3.63) is 65.2 Å². The monoisotopic (exact) mass is 519 g/mol. The molecule has 2 atom stereocenters. The van der Waals surface area contributed by atoms with Gasteiger partial charge in [0, 0.05) is 30.9 Å². The lowest BCUT2D eigenvalue weighted by Crippen LogP contribution is -2.25. The van der Waals surface area contributed by atoms with Crippen LogP contribution in [0, 0.1) is 12.8 Å². The summed E-state index contributed by atoms with van der Waals surface area (Å²) in [5.41, 5.74) is 1.11. The molecule has 0 aliphatic rings. The molecule has 2 N–H and O–H groups in total. The number of nitrogens with zero attached hydrogens (tertiary/aromatic N) is 1. The van der Waals surface area contributed by atoms with Crippen molar-refractivity contribution in [1.82, 2.24) is 4.57 Å². The van der Waals surface area contributed by atoms with Crippen molar-refractivity contribution >= 4 is 11.9 Å². The number of hydrogen-bond donors (Lipinski definition) is 2. The first-order valence-electron chi connectivity index (χ1n) is 11.6. The van der Waals surface area contributed by atoms with Gasteiger partial charge in [0.15, 0.2) is 0 Å². The number of aromatic hydroxyl groups is 2. The minimum atomic E-state index is -4.47. The van der Waals surface area contributed by atoms with Crippen LogP contribution in [0.15, 0.2) is 48.5 Å². The SMILES string of the molecule is CCC(CC(c1ccc(OC(C)=O)cc1)c1c(C)c(O)n(-c2ccc(OC(C)=O)cc2)c1O)C(F)(F)F. The molecule has 0 fully saturated rings. The summed E-state index contributed by atoms with van der Waals surface area (Å²) >= 11 is 0. The zero-order valence-corrected chi connectivity index (χ0v) is 20.8. The normalized spacial score (nSPS) is 13.2. The van der Waals surface area contributed by atoms with Crippen LogP contribution in [0.5, 0.6) is 23.3 Å². The van der Waals surface area contributed by atoms with E-state index >= 15 is 0 Å². The fraction of sp³-hybridized carbons (Fsp3) is 0.333. The maximum absolute atomic E-state index is 13.8. The van der Waals surface area contributed by atoms with Gasteiger partial charge in [-0.15, -0.1) is 0 Å². The highest BCUT2D eigenvalue weighted by Gasteiger charge is 2.41. The lowest BCUT2D eigenvalue weighted by molar-refractivity contribution is -0.177. The van der Waals surface area contributed by atoms with Crippen molar-refractivity contribution in [3.8, 4) is 28.9 Å². The van der Waals surface area contributed by atoms with Gasteiger partial charge in [-0.25, -0.2) is 0 Å². The second-order valence-electron chi connectivity index (χ2n) is 8.71. The molecule has 3 rings (SSSR count). The number of carbonyl (C=O) groups is 2. The average Bonchev–Trinajstić information content (AvgIpc) is 3.02. The smallest absolute Gasteiger partial charge is 0.391 e. The zero-order valence-electron chi connectivity index (χ0n) is 20.8. The quantitative estimate of drug-likeness (QED) is 0.273. The van der Waals surface area contributed by atoms with E-state index in [4.69, 9.17) is 9.47 Å². The Kier molecular flexibility index (Phi) is 8.20. The van der Waals surface area contributed by atoms with Gasteiger partial charge in [-0.3, -0.25) is 14.2 Å². The van der Waals surface area contributed by atoms with E-state index in [1.165, 1.54) is 76.2 Å². The van der Waals surface area contributed by atoms with Crippen LogP contribution in [0.3, 0.4) is 0 Å². The van der Waals surface area contributed by atoms with Gasteiger partial charge < -0.3 is 19.7 Å². The van der Waals surface area contributed by atoms with E-state index in [-0.39, 0.29) is 41.3 Å². The van der Waals surface area contributed by atoms with Crippen LogP contribution in [0.2, 0.25) is 0 Å². The Hall–Kier alpha value is -3.95. The maximum Gasteiger partial charge on any atom is 0.391 e. The molecule has 0 aliphatic heterocycles. The Bertz CT molecular complexity index is 1260. The Labute approximate surface area is 212 Å². The van der Waals surface area contributed by atoms with Crippen molar-refractivity contribution in [2.75, 3.05) is 0 Å². The molecule has 7 nitrogen and oxygen atoms in total. The summed E-state index contributed by atoms with van der Waals surface area (Å²) in [5, 5.41) is 22.1. The largest absolute Gasteiger partial charge is 0.494 e. The summed E-state index contributed by atoms with van der Waals surface area (Å²) in [6.45, 7) is 5.44. The number of halogens is 3. The number of hydrogen-bond acceptors (Lipinski definition) is 6. The minimum Gasteiger partial charge on any atom is -0.494 e. The summed E-state index contributed by atoms with van der Waals surface area (Å²) in [6.07, 6.45) is -5.02. The van der Waals surface area contributed by atoms with E-state index in [1.807, 2.05) is 0 Å². The fourth-order valence-electron chi connectivity index (χ4n) is 4.34. The van der Waals surface area contributed by atoms with Crippen molar-refractivity contribution in [2.24, 2.45) is 5.92 Å². The lowest BCUT2D eigenvalue weighted by Gasteiger charge is -2.25. The molecule has 198 valence electrons. The molecule has 0 bridgehead atoms. The van der Waals surface area contributed by atoms with E-state index < -0.39 is 35.8 Å². The highest BCUT2D eigenvalue weighted by molar-refractivity contribution is 5.70. The molecule has 2 unspecified atom stereocenters. The number of ether oxygens (including phenoxy) is 2. The van der Waals surface area contributed by atoms with E-state index in [9.17, 15) is 33.0 Å². The zero-order chi connectivity index (χ0) is 27.5. The van der Waals surface area contributed by atoms with E-state index in [1.54, 1.807) is 0 Å². The third kappa shape index (κ3) is 6.25. The van der Waals surface area contributed by atoms with Crippen LogP contribution < -0.4 is 9.47 Å². The summed E-state index contributed by atoms with van der Waals surface area (Å²) < 4.78 is 52.5. The van der Waals surface area contributed by atoms with Gasteiger partial charge in [0.05, 0.1) is 11.6 Å². The van der Waals surface area contributed by atoms with Crippen molar-refractivity contribution in [3.63, 3.8) is 0 Å². The number of carbonyl (C=O) groups excluding carboxylic acids is 2. The molecule has 2 aromatic carbocycles. The third-order valence-corrected chi connectivity index (χ3v) is 6.13. The third-order valence-electron chi connectivity index (χ3n) is 6.13. The predicted octanol–water partition coefficient (Wildman–Crippen LogP) is 6.16. The van der Waals surface area contributed by atoms with Gasteiger partial charge in [-0.05, 0) is 61.7 Å². The molecule has 10 heteroatoms. The van der Waals surface area contributed by atoms with Gasteiger partial charge >= 0.3 is 18.1 Å². The summed E-state index contributed by atoms with van der Waals surface area (Å²) in [7, 11) is 0. The minimum absolute atomic E-state index is 0.143. The first kappa shape index (κ1) is 27.6. The maximum atomic E-state index is 13.8. The van der Waals surface area contributed by atoms with Crippen LogP contribution in [-0.2, 0) is 9.59 Å². The van der Waals surface area contributed by atoms with Gasteiger partial charge in [0.2, 0.25) is 11.8 Å². The second kappa shape index (κ2) is 11.0. The molecule has 0 spiro atoms. The van der Waals surface area contributed by atoms with Crippen LogP contribution in [-0.4, -0.2) is 32.9 Å². The highest BCUT2D eigenvalue weighted by atomic mass is 19.4. The first-order chi connectivity index (χ1) is 17.3. The van der Waals surface area contributed by atoms with Gasteiger partial charge in [0.25, 0.3) is 0 Å². The predicted molar refractivity (Wildman–Crippen MR) is 129 cm³/mol. The molecule has 1 heterocycles. The molecule has 0 radical (unpaired) electrons. The average molecular weight is 520 g/mol. The van der Waals surface area contributed by atoms with E-state index in [0.29, 0.717) is 11.3 Å². The van der Waals surface area contributed by atoms with Gasteiger partial charge in [0.1, 0.15) is 11.5 Å². The molecule has 1 aromatic heterocycles. The molecule has 0 aliphatic carbocycles. The van der Waals surface area contributed by atoms with Gasteiger partial charge in [-0.1, -0.05) is 19.1 Å². The van der Waals surface area contributed by atoms with Crippen LogP contribution in [0.1, 0.15) is 56.2 Å². The molecule has 3 aromatic rings.